The second-order valence-corrected chi connectivity index (χ2v) is 3.62. The van der Waals surface area contributed by atoms with Crippen LogP contribution in [0, 0.1) is 0 Å². The van der Waals surface area contributed by atoms with Crippen LogP contribution in [0.3, 0.4) is 0 Å². The van der Waals surface area contributed by atoms with E-state index >= 15 is 0 Å². The van der Waals surface area contributed by atoms with Crippen LogP contribution >= 0.6 is 0 Å². The predicted molar refractivity (Wildman–Crippen MR) is 48.5 cm³/mol. The fraction of sp³-hybridized carbons (Fsp3) is 0.300. The van der Waals surface area contributed by atoms with Gasteiger partial charge in [0.1, 0.15) is 0 Å². The summed E-state index contributed by atoms with van der Waals surface area (Å²) in [5.41, 5.74) is 1.33. The second kappa shape index (κ2) is 2.09. The van der Waals surface area contributed by atoms with E-state index in [-0.39, 0.29) is 5.78 Å². The molecule has 0 aliphatic carbocycles. The molecule has 0 atom stereocenters. The molecule has 1 N–H and O–H groups in total. The Labute approximate surface area is 71.6 Å². The summed E-state index contributed by atoms with van der Waals surface area (Å²) in [5, 5.41) is 3.17. The normalized spacial score (nSPS) is 18.7. The Balaban J connectivity index is 2.57. The van der Waals surface area contributed by atoms with Gasteiger partial charge in [0.15, 0.2) is 5.78 Å². The first-order valence-corrected chi connectivity index (χ1v) is 4.03. The van der Waals surface area contributed by atoms with E-state index in [0.29, 0.717) is 0 Å². The van der Waals surface area contributed by atoms with Gasteiger partial charge in [-0.05, 0) is 26.0 Å². The highest BCUT2D eigenvalue weighted by Gasteiger charge is 2.36. The Morgan fingerprint density at radius 1 is 1.25 bits per heavy atom. The summed E-state index contributed by atoms with van der Waals surface area (Å²) in [7, 11) is 0. The molecule has 0 radical (unpaired) electrons. The van der Waals surface area contributed by atoms with Crippen LogP contribution in [0.5, 0.6) is 0 Å². The predicted octanol–water partition coefficient (Wildman–Crippen LogP) is 2.07. The number of nitrogens with one attached hydrogen (secondary N) is 1. The summed E-state index contributed by atoms with van der Waals surface area (Å²) in [4.78, 5) is 11.7. The summed E-state index contributed by atoms with van der Waals surface area (Å²) in [5.74, 6) is 0.179. The molecule has 0 saturated heterocycles. The summed E-state index contributed by atoms with van der Waals surface area (Å²) in [6, 6.07) is 7.61. The van der Waals surface area contributed by atoms with Crippen molar-refractivity contribution in [2.75, 3.05) is 5.32 Å². The average molecular weight is 161 g/mol. The minimum absolute atomic E-state index is 0.179. The smallest absolute Gasteiger partial charge is 0.189 e. The van der Waals surface area contributed by atoms with Crippen LogP contribution in [0.25, 0.3) is 0 Å². The summed E-state index contributed by atoms with van der Waals surface area (Å²) < 4.78 is 0. The standard InChI is InChI=1S/C10H11NO/c1-10(2)9(12)7-5-3-4-6-8(7)11-10/h3-6,11H,1-2H3. The first kappa shape index (κ1) is 7.35. The molecule has 0 bridgehead atoms. The highest BCUT2D eigenvalue weighted by atomic mass is 16.1. The number of carbonyl (C=O) groups excluding carboxylic acids is 1. The fourth-order valence-corrected chi connectivity index (χ4v) is 1.52. The quantitative estimate of drug-likeness (QED) is 0.631. The Bertz CT molecular complexity index is 341. The van der Waals surface area contributed by atoms with Crippen molar-refractivity contribution >= 4 is 11.5 Å². The van der Waals surface area contributed by atoms with Gasteiger partial charge in [-0.3, -0.25) is 4.79 Å². The molecule has 62 valence electrons. The van der Waals surface area contributed by atoms with Gasteiger partial charge in [-0.15, -0.1) is 0 Å². The lowest BCUT2D eigenvalue weighted by Crippen LogP contribution is -2.33. The average Bonchev–Trinajstić information content (AvgIpc) is 2.24. The minimum atomic E-state index is -0.427. The zero-order chi connectivity index (χ0) is 8.77. The number of hydrogen-bond donors (Lipinski definition) is 1. The van der Waals surface area contributed by atoms with Gasteiger partial charge in [-0.2, -0.15) is 0 Å². The second-order valence-electron chi connectivity index (χ2n) is 3.62. The van der Waals surface area contributed by atoms with Crippen LogP contribution in [-0.2, 0) is 0 Å². The van der Waals surface area contributed by atoms with Gasteiger partial charge in [0.05, 0.1) is 5.54 Å². The van der Waals surface area contributed by atoms with Crippen LogP contribution in [0.1, 0.15) is 24.2 Å². The molecule has 1 aromatic rings. The maximum Gasteiger partial charge on any atom is 0.189 e. The molecular weight excluding hydrogens is 150 g/mol. The van der Waals surface area contributed by atoms with Crippen molar-refractivity contribution < 1.29 is 4.79 Å². The van der Waals surface area contributed by atoms with E-state index in [1.807, 2.05) is 38.1 Å². The van der Waals surface area contributed by atoms with Gasteiger partial charge >= 0.3 is 0 Å². The molecule has 2 nitrogen and oxygen atoms in total. The summed E-state index contributed by atoms with van der Waals surface area (Å²) in [6.07, 6.45) is 0. The van der Waals surface area contributed by atoms with Crippen molar-refractivity contribution in [2.24, 2.45) is 0 Å². The van der Waals surface area contributed by atoms with Crippen molar-refractivity contribution in [1.82, 2.24) is 0 Å². The SMILES string of the molecule is CC1(C)Nc2ccccc2C1=O. The van der Waals surface area contributed by atoms with Crippen molar-refractivity contribution in [3.05, 3.63) is 29.8 Å². The highest BCUT2D eigenvalue weighted by Crippen LogP contribution is 2.31. The molecule has 1 aliphatic rings. The molecular formula is C10H11NO. The Hall–Kier alpha value is -1.31. The fourth-order valence-electron chi connectivity index (χ4n) is 1.52. The zero-order valence-corrected chi connectivity index (χ0v) is 7.22. The van der Waals surface area contributed by atoms with Gasteiger partial charge in [-0.1, -0.05) is 12.1 Å². The van der Waals surface area contributed by atoms with E-state index < -0.39 is 5.54 Å². The maximum atomic E-state index is 11.7. The lowest BCUT2D eigenvalue weighted by molar-refractivity contribution is 0.0939. The Morgan fingerprint density at radius 3 is 2.58 bits per heavy atom. The first-order chi connectivity index (χ1) is 5.61. The molecule has 2 rings (SSSR count). The number of hydrogen-bond acceptors (Lipinski definition) is 2. The molecule has 0 unspecified atom stereocenters. The number of carbonyl (C=O) groups is 1. The van der Waals surface area contributed by atoms with Crippen LogP contribution in [0.4, 0.5) is 5.69 Å². The molecule has 0 saturated carbocycles. The van der Waals surface area contributed by atoms with Crippen molar-refractivity contribution in [3.63, 3.8) is 0 Å². The van der Waals surface area contributed by atoms with Crippen LogP contribution < -0.4 is 5.32 Å². The Kier molecular flexibility index (Phi) is 1.28. The van der Waals surface area contributed by atoms with E-state index in [0.717, 1.165) is 11.3 Å². The molecule has 0 spiro atoms. The molecule has 0 aromatic heterocycles. The number of benzene rings is 1. The molecule has 1 heterocycles. The van der Waals surface area contributed by atoms with E-state index in [1.165, 1.54) is 0 Å². The lowest BCUT2D eigenvalue weighted by Gasteiger charge is -2.15. The molecule has 0 fully saturated rings. The Morgan fingerprint density at radius 2 is 1.92 bits per heavy atom. The van der Waals surface area contributed by atoms with Gasteiger partial charge in [0.2, 0.25) is 0 Å². The molecule has 1 aromatic carbocycles. The van der Waals surface area contributed by atoms with Crippen molar-refractivity contribution in [2.45, 2.75) is 19.4 Å². The monoisotopic (exact) mass is 161 g/mol. The van der Waals surface area contributed by atoms with Crippen LogP contribution in [-0.4, -0.2) is 11.3 Å². The minimum Gasteiger partial charge on any atom is -0.372 e. The van der Waals surface area contributed by atoms with Crippen LogP contribution in [0.2, 0.25) is 0 Å². The zero-order valence-electron chi connectivity index (χ0n) is 7.22. The summed E-state index contributed by atoms with van der Waals surface area (Å²) in [6.45, 7) is 3.80. The first-order valence-electron chi connectivity index (χ1n) is 4.03. The number of para-hydroxylation sites is 1. The third-order valence-corrected chi connectivity index (χ3v) is 2.19. The number of fused-ring (bicyclic) bond motifs is 1. The number of anilines is 1. The number of rotatable bonds is 0. The topological polar surface area (TPSA) is 29.1 Å². The van der Waals surface area contributed by atoms with Gasteiger partial charge in [0, 0.05) is 11.3 Å². The number of Topliss-reactive ketones (excluding diaryl/α,β-unsaturated/α-hetero) is 1. The van der Waals surface area contributed by atoms with Crippen LogP contribution in [0.15, 0.2) is 24.3 Å². The van der Waals surface area contributed by atoms with Crippen molar-refractivity contribution in [1.29, 1.82) is 0 Å². The third kappa shape index (κ3) is 0.843. The number of ketones is 1. The van der Waals surface area contributed by atoms with E-state index in [4.69, 9.17) is 0 Å². The van der Waals surface area contributed by atoms with Gasteiger partial charge < -0.3 is 5.32 Å². The molecule has 2 heteroatoms. The molecule has 12 heavy (non-hydrogen) atoms. The summed E-state index contributed by atoms with van der Waals surface area (Å²) >= 11 is 0. The lowest BCUT2D eigenvalue weighted by atomic mass is 9.99. The van der Waals surface area contributed by atoms with E-state index in [1.54, 1.807) is 0 Å². The third-order valence-electron chi connectivity index (χ3n) is 2.19. The molecule has 0 amide bonds. The van der Waals surface area contributed by atoms with E-state index in [9.17, 15) is 4.79 Å². The van der Waals surface area contributed by atoms with Gasteiger partial charge in [0.25, 0.3) is 0 Å². The van der Waals surface area contributed by atoms with E-state index in [2.05, 4.69) is 5.32 Å². The maximum absolute atomic E-state index is 11.7. The van der Waals surface area contributed by atoms with Gasteiger partial charge in [-0.25, -0.2) is 0 Å². The molecule has 1 aliphatic heterocycles. The van der Waals surface area contributed by atoms with Crippen molar-refractivity contribution in [3.8, 4) is 0 Å². The highest BCUT2D eigenvalue weighted by molar-refractivity contribution is 6.12. The largest absolute Gasteiger partial charge is 0.372 e.